The van der Waals surface area contributed by atoms with E-state index < -0.39 is 11.8 Å². The molecule has 0 bridgehead atoms. The molecule has 1 aliphatic carbocycles. The van der Waals surface area contributed by atoms with Gasteiger partial charge in [-0.1, -0.05) is 0 Å². The molecule has 3 aromatic heterocycles. The number of alkyl halides is 2. The van der Waals surface area contributed by atoms with Crippen LogP contribution < -0.4 is 11.1 Å². The minimum Gasteiger partial charge on any atom is -0.363 e. The molecule has 1 aliphatic rings. The molecule has 1 unspecified atom stereocenters. The molecule has 3 N–H and O–H groups in total. The van der Waals surface area contributed by atoms with E-state index in [0.29, 0.717) is 30.7 Å². The summed E-state index contributed by atoms with van der Waals surface area (Å²) in [6.07, 6.45) is 4.25. The molecule has 6 nitrogen and oxygen atoms in total. The first kappa shape index (κ1) is 18.6. The summed E-state index contributed by atoms with van der Waals surface area (Å²) in [5.74, 6) is -2.48. The number of halogens is 3. The SMILES string of the molecule is N[C@H](Cc1sc2c(NCc3ccncc3)nnnc2c1Br)CC1CC1(F)F. The van der Waals surface area contributed by atoms with Crippen LogP contribution in [0.1, 0.15) is 23.3 Å². The summed E-state index contributed by atoms with van der Waals surface area (Å²) in [5.41, 5.74) is 7.88. The Kier molecular flexibility index (Phi) is 5.04. The van der Waals surface area contributed by atoms with E-state index in [1.54, 1.807) is 12.4 Å². The lowest BCUT2D eigenvalue weighted by Gasteiger charge is -2.09. The third-order valence-electron chi connectivity index (χ3n) is 4.60. The summed E-state index contributed by atoms with van der Waals surface area (Å²) in [5, 5.41) is 15.3. The molecule has 0 saturated heterocycles. The normalized spacial score (nSPS) is 19.2. The number of hydrogen-bond donors (Lipinski definition) is 2. The molecule has 3 aromatic rings. The second kappa shape index (κ2) is 7.33. The van der Waals surface area contributed by atoms with Gasteiger partial charge in [-0.05, 0) is 51.7 Å². The third kappa shape index (κ3) is 4.07. The van der Waals surface area contributed by atoms with E-state index in [-0.39, 0.29) is 12.5 Å². The number of nitrogens with two attached hydrogens (primary N) is 1. The quantitative estimate of drug-likeness (QED) is 0.564. The molecular weight excluding hydrogens is 438 g/mol. The van der Waals surface area contributed by atoms with Gasteiger partial charge in [-0.25, -0.2) is 8.78 Å². The third-order valence-corrected chi connectivity index (χ3v) is 6.92. The summed E-state index contributed by atoms with van der Waals surface area (Å²) < 4.78 is 27.9. The second-order valence-electron chi connectivity index (χ2n) is 6.73. The first-order chi connectivity index (χ1) is 12.9. The van der Waals surface area contributed by atoms with Gasteiger partial charge in [-0.2, -0.15) is 0 Å². The predicted octanol–water partition coefficient (Wildman–Crippen LogP) is 3.77. The van der Waals surface area contributed by atoms with E-state index in [1.807, 2.05) is 12.1 Å². The Morgan fingerprint density at radius 3 is 2.78 bits per heavy atom. The van der Waals surface area contributed by atoms with Crippen molar-refractivity contribution in [1.82, 2.24) is 20.4 Å². The van der Waals surface area contributed by atoms with Crippen LogP contribution in [0.4, 0.5) is 14.6 Å². The molecule has 4 rings (SSSR count). The van der Waals surface area contributed by atoms with Crippen LogP contribution in [0.5, 0.6) is 0 Å². The standard InChI is InChI=1S/C17H17BrF2N6S/c18-13-12(6-11(21)5-10-7-17(10,19)20)27-15-14(13)24-26-25-16(15)23-8-9-1-3-22-4-2-9/h1-4,10-11H,5-8,21H2,(H,23,24,25)/t10?,11-/m0/s1. The maximum Gasteiger partial charge on any atom is 0.251 e. The van der Waals surface area contributed by atoms with Crippen molar-refractivity contribution in [2.45, 2.75) is 37.8 Å². The molecule has 0 amide bonds. The second-order valence-corrected chi connectivity index (χ2v) is 8.62. The number of nitrogens with one attached hydrogen (secondary N) is 1. The van der Waals surface area contributed by atoms with Crippen molar-refractivity contribution in [2.75, 3.05) is 5.32 Å². The van der Waals surface area contributed by atoms with Crippen LogP contribution in [0, 0.1) is 5.92 Å². The molecule has 2 atom stereocenters. The van der Waals surface area contributed by atoms with Crippen LogP contribution in [0.15, 0.2) is 29.0 Å². The highest BCUT2D eigenvalue weighted by molar-refractivity contribution is 9.10. The van der Waals surface area contributed by atoms with Gasteiger partial charge < -0.3 is 11.1 Å². The largest absolute Gasteiger partial charge is 0.363 e. The molecule has 142 valence electrons. The van der Waals surface area contributed by atoms with E-state index in [0.717, 1.165) is 19.6 Å². The van der Waals surface area contributed by atoms with E-state index in [1.165, 1.54) is 11.3 Å². The number of thiophene rings is 1. The molecule has 27 heavy (non-hydrogen) atoms. The lowest BCUT2D eigenvalue weighted by atomic mass is 10.1. The number of pyridine rings is 1. The zero-order valence-electron chi connectivity index (χ0n) is 14.2. The number of fused-ring (bicyclic) bond motifs is 1. The average molecular weight is 455 g/mol. The van der Waals surface area contributed by atoms with Crippen molar-refractivity contribution in [2.24, 2.45) is 11.7 Å². The van der Waals surface area contributed by atoms with Gasteiger partial charge in [0.1, 0.15) is 10.2 Å². The monoisotopic (exact) mass is 454 g/mol. The zero-order valence-corrected chi connectivity index (χ0v) is 16.6. The predicted molar refractivity (Wildman–Crippen MR) is 104 cm³/mol. The molecule has 0 radical (unpaired) electrons. The van der Waals surface area contributed by atoms with Gasteiger partial charge in [-0.15, -0.1) is 21.5 Å². The Morgan fingerprint density at radius 1 is 1.33 bits per heavy atom. The lowest BCUT2D eigenvalue weighted by Crippen LogP contribution is -2.24. The fraction of sp³-hybridized carbons (Fsp3) is 0.412. The van der Waals surface area contributed by atoms with E-state index in [4.69, 9.17) is 5.73 Å². The van der Waals surface area contributed by atoms with Gasteiger partial charge >= 0.3 is 0 Å². The number of rotatable bonds is 7. The molecule has 1 saturated carbocycles. The van der Waals surface area contributed by atoms with Gasteiger partial charge in [-0.3, -0.25) is 4.98 Å². The Morgan fingerprint density at radius 2 is 2.07 bits per heavy atom. The van der Waals surface area contributed by atoms with Gasteiger partial charge in [0.05, 0.1) is 4.47 Å². The minimum absolute atomic E-state index is 0.0489. The van der Waals surface area contributed by atoms with E-state index >= 15 is 0 Å². The molecule has 0 aromatic carbocycles. The van der Waals surface area contributed by atoms with Crippen LogP contribution in [-0.2, 0) is 13.0 Å². The summed E-state index contributed by atoms with van der Waals surface area (Å²) in [7, 11) is 0. The number of aromatic nitrogens is 4. The van der Waals surface area contributed by atoms with Crippen molar-refractivity contribution in [1.29, 1.82) is 0 Å². The number of hydrogen-bond acceptors (Lipinski definition) is 7. The van der Waals surface area contributed by atoms with Gasteiger partial charge in [0.2, 0.25) is 0 Å². The van der Waals surface area contributed by atoms with Crippen molar-refractivity contribution in [3.63, 3.8) is 0 Å². The van der Waals surface area contributed by atoms with Crippen LogP contribution in [0.3, 0.4) is 0 Å². The maximum atomic E-state index is 13.1. The van der Waals surface area contributed by atoms with E-state index in [9.17, 15) is 8.78 Å². The summed E-state index contributed by atoms with van der Waals surface area (Å²) in [6, 6.07) is 3.52. The molecule has 3 heterocycles. The molecule has 10 heteroatoms. The van der Waals surface area contributed by atoms with Crippen LogP contribution in [0.2, 0.25) is 0 Å². The van der Waals surface area contributed by atoms with Gasteiger partial charge in [0.25, 0.3) is 5.92 Å². The van der Waals surface area contributed by atoms with Crippen molar-refractivity contribution < 1.29 is 8.78 Å². The Balaban J connectivity index is 1.50. The summed E-state index contributed by atoms with van der Waals surface area (Å²) in [6.45, 7) is 0.581. The van der Waals surface area contributed by atoms with Gasteiger partial charge in [0.15, 0.2) is 5.82 Å². The smallest absolute Gasteiger partial charge is 0.251 e. The topological polar surface area (TPSA) is 89.6 Å². The average Bonchev–Trinajstić information content (AvgIpc) is 3.12. The molecule has 0 aliphatic heterocycles. The first-order valence-corrected chi connectivity index (χ1v) is 10.1. The molecule has 1 fully saturated rings. The Bertz CT molecular complexity index is 951. The Hall–Kier alpha value is -1.78. The van der Waals surface area contributed by atoms with Gasteiger partial charge in [0, 0.05) is 42.2 Å². The van der Waals surface area contributed by atoms with Crippen LogP contribution in [-0.4, -0.2) is 32.4 Å². The van der Waals surface area contributed by atoms with Crippen LogP contribution >= 0.6 is 27.3 Å². The summed E-state index contributed by atoms with van der Waals surface area (Å²) in [4.78, 5) is 4.97. The lowest BCUT2D eigenvalue weighted by molar-refractivity contribution is 0.0954. The first-order valence-electron chi connectivity index (χ1n) is 8.50. The van der Waals surface area contributed by atoms with E-state index in [2.05, 4.69) is 41.6 Å². The van der Waals surface area contributed by atoms with Crippen molar-refractivity contribution in [3.8, 4) is 0 Å². The fourth-order valence-corrected chi connectivity index (χ4v) is 4.99. The minimum atomic E-state index is -2.53. The molecule has 0 spiro atoms. The highest BCUT2D eigenvalue weighted by atomic mass is 79.9. The maximum absolute atomic E-state index is 13.1. The molecular formula is C17H17BrF2N6S. The fourth-order valence-electron chi connectivity index (χ4n) is 3.00. The Labute approximate surface area is 166 Å². The highest BCUT2D eigenvalue weighted by Gasteiger charge is 2.56. The van der Waals surface area contributed by atoms with Crippen molar-refractivity contribution >= 4 is 43.3 Å². The van der Waals surface area contributed by atoms with Crippen LogP contribution in [0.25, 0.3) is 10.2 Å². The number of anilines is 1. The highest BCUT2D eigenvalue weighted by Crippen LogP contribution is 2.51. The number of nitrogens with zero attached hydrogens (tertiary/aromatic N) is 4. The van der Waals surface area contributed by atoms with Crippen molar-refractivity contribution in [3.05, 3.63) is 39.4 Å². The zero-order chi connectivity index (χ0) is 19.0. The summed E-state index contributed by atoms with van der Waals surface area (Å²) >= 11 is 5.06.